The summed E-state index contributed by atoms with van der Waals surface area (Å²) in [7, 11) is 0. The fourth-order valence-electron chi connectivity index (χ4n) is 1.64. The summed E-state index contributed by atoms with van der Waals surface area (Å²) in [6, 6.07) is 7.69. The molecular weight excluding hydrogens is 210 g/mol. The van der Waals surface area contributed by atoms with E-state index < -0.39 is 0 Å². The van der Waals surface area contributed by atoms with Crippen molar-refractivity contribution < 1.29 is 5.11 Å². The van der Waals surface area contributed by atoms with E-state index in [0.717, 1.165) is 16.4 Å². The van der Waals surface area contributed by atoms with Crippen LogP contribution in [0.1, 0.15) is 6.92 Å². The van der Waals surface area contributed by atoms with E-state index in [1.807, 2.05) is 31.2 Å². The van der Waals surface area contributed by atoms with E-state index in [4.69, 9.17) is 11.6 Å². The summed E-state index contributed by atoms with van der Waals surface area (Å²) in [5.74, 6) is 0.316. The Morgan fingerprint density at radius 1 is 1.33 bits per heavy atom. The highest BCUT2D eigenvalue weighted by molar-refractivity contribution is 6.33. The number of rotatable bonds is 1. The normalized spacial score (nSPS) is 16.0. The zero-order chi connectivity index (χ0) is 10.8. The Morgan fingerprint density at radius 2 is 2.07 bits per heavy atom. The van der Waals surface area contributed by atoms with Gasteiger partial charge in [0.15, 0.2) is 0 Å². The average molecular weight is 222 g/mol. The number of aliphatic hydroxyl groups is 1. The third kappa shape index (κ3) is 2.00. The lowest BCUT2D eigenvalue weighted by Crippen LogP contribution is -2.24. The topological polar surface area (TPSA) is 23.5 Å². The van der Waals surface area contributed by atoms with Crippen LogP contribution in [0.25, 0.3) is 0 Å². The van der Waals surface area contributed by atoms with Gasteiger partial charge in [-0.1, -0.05) is 23.7 Å². The van der Waals surface area contributed by atoms with Gasteiger partial charge in [-0.05, 0) is 31.2 Å². The number of aliphatic hydroxyl groups excluding tert-OH is 1. The summed E-state index contributed by atoms with van der Waals surface area (Å²) in [6.07, 6.45) is 3.49. The van der Waals surface area contributed by atoms with E-state index in [-0.39, 0.29) is 0 Å². The monoisotopic (exact) mass is 221 g/mol. The zero-order valence-corrected chi connectivity index (χ0v) is 9.20. The molecular formula is C12H12ClNO. The maximum Gasteiger partial charge on any atom is 0.115 e. The van der Waals surface area contributed by atoms with E-state index in [1.165, 1.54) is 0 Å². The Balaban J connectivity index is 2.35. The van der Waals surface area contributed by atoms with Gasteiger partial charge in [-0.15, -0.1) is 0 Å². The van der Waals surface area contributed by atoms with Crippen molar-refractivity contribution in [3.63, 3.8) is 0 Å². The minimum atomic E-state index is 0.316. The van der Waals surface area contributed by atoms with Gasteiger partial charge in [0.1, 0.15) is 5.76 Å². The predicted molar refractivity (Wildman–Crippen MR) is 63.3 cm³/mol. The summed E-state index contributed by atoms with van der Waals surface area (Å²) in [4.78, 5) is 2.06. The quantitative estimate of drug-likeness (QED) is 0.785. The van der Waals surface area contributed by atoms with Crippen LogP contribution in [0.2, 0.25) is 5.02 Å². The smallest absolute Gasteiger partial charge is 0.115 e. The van der Waals surface area contributed by atoms with Crippen LogP contribution in [0.4, 0.5) is 5.69 Å². The predicted octanol–water partition coefficient (Wildman–Crippen LogP) is 3.51. The average Bonchev–Trinajstić information content (AvgIpc) is 2.20. The van der Waals surface area contributed by atoms with Gasteiger partial charge in [0, 0.05) is 12.2 Å². The highest BCUT2D eigenvalue weighted by Gasteiger charge is 2.14. The fraction of sp³-hybridized carbons (Fsp3) is 0.167. The molecule has 78 valence electrons. The van der Waals surface area contributed by atoms with Crippen LogP contribution in [0.5, 0.6) is 0 Å². The van der Waals surface area contributed by atoms with Crippen molar-refractivity contribution in [2.45, 2.75) is 6.92 Å². The minimum absolute atomic E-state index is 0.316. The maximum atomic E-state index is 9.34. The van der Waals surface area contributed by atoms with Gasteiger partial charge in [0.25, 0.3) is 0 Å². The molecule has 1 N–H and O–H groups in total. The highest BCUT2D eigenvalue weighted by atomic mass is 35.5. The van der Waals surface area contributed by atoms with Crippen molar-refractivity contribution in [2.24, 2.45) is 0 Å². The molecule has 0 aliphatic carbocycles. The van der Waals surface area contributed by atoms with Gasteiger partial charge >= 0.3 is 0 Å². The Morgan fingerprint density at radius 3 is 2.73 bits per heavy atom. The van der Waals surface area contributed by atoms with E-state index in [9.17, 15) is 5.11 Å². The Labute approximate surface area is 94.1 Å². The molecule has 0 bridgehead atoms. The molecule has 0 saturated heterocycles. The molecule has 0 unspecified atom stereocenters. The number of halogens is 1. The lowest BCUT2D eigenvalue weighted by atomic mass is 10.2. The molecule has 0 saturated carbocycles. The lowest BCUT2D eigenvalue weighted by molar-refractivity contribution is 0.427. The second kappa shape index (κ2) is 3.99. The van der Waals surface area contributed by atoms with E-state index in [0.29, 0.717) is 12.3 Å². The Kier molecular flexibility index (Phi) is 2.69. The van der Waals surface area contributed by atoms with Crippen molar-refractivity contribution >= 4 is 17.3 Å². The lowest BCUT2D eigenvalue weighted by Gasteiger charge is -2.27. The van der Waals surface area contributed by atoms with Crippen molar-refractivity contribution in [1.82, 2.24) is 0 Å². The van der Waals surface area contributed by atoms with Crippen LogP contribution in [0.3, 0.4) is 0 Å². The molecule has 1 aliphatic rings. The Hall–Kier alpha value is -1.41. The summed E-state index contributed by atoms with van der Waals surface area (Å²) in [5.41, 5.74) is 1.96. The molecule has 0 radical (unpaired) electrons. The first-order chi connectivity index (χ1) is 7.18. The van der Waals surface area contributed by atoms with Crippen molar-refractivity contribution in [1.29, 1.82) is 0 Å². The van der Waals surface area contributed by atoms with E-state index in [2.05, 4.69) is 4.90 Å². The number of hydrogen-bond donors (Lipinski definition) is 1. The third-order valence-electron chi connectivity index (χ3n) is 2.41. The molecule has 1 heterocycles. The summed E-state index contributed by atoms with van der Waals surface area (Å²) in [5, 5.41) is 10.1. The number of hydrogen-bond acceptors (Lipinski definition) is 2. The molecule has 3 heteroatoms. The maximum absolute atomic E-state index is 9.34. The first-order valence-corrected chi connectivity index (χ1v) is 5.16. The first kappa shape index (κ1) is 10.1. The largest absolute Gasteiger partial charge is 0.508 e. The van der Waals surface area contributed by atoms with Gasteiger partial charge in [-0.2, -0.15) is 0 Å². The molecule has 0 amide bonds. The number of allylic oxidation sites excluding steroid dienone is 2. The number of nitrogens with zero attached hydrogens (tertiary/aromatic N) is 1. The second-order valence-electron chi connectivity index (χ2n) is 3.48. The highest BCUT2D eigenvalue weighted by Crippen LogP contribution is 2.29. The summed E-state index contributed by atoms with van der Waals surface area (Å²) in [6.45, 7) is 2.60. The number of benzene rings is 1. The molecule has 2 rings (SSSR count). The van der Waals surface area contributed by atoms with Gasteiger partial charge in [-0.3, -0.25) is 0 Å². The summed E-state index contributed by atoms with van der Waals surface area (Å²) < 4.78 is 0. The number of para-hydroxylation sites is 1. The van der Waals surface area contributed by atoms with Gasteiger partial charge in [0.05, 0.1) is 10.7 Å². The van der Waals surface area contributed by atoms with Crippen molar-refractivity contribution in [3.05, 3.63) is 52.9 Å². The SMILES string of the molecule is CC1=CC(O)=CCN1c1ccccc1Cl. The molecule has 1 aromatic carbocycles. The van der Waals surface area contributed by atoms with Crippen molar-refractivity contribution in [2.75, 3.05) is 11.4 Å². The molecule has 1 aliphatic heterocycles. The van der Waals surface area contributed by atoms with Crippen LogP contribution in [-0.4, -0.2) is 11.7 Å². The molecule has 0 spiro atoms. The van der Waals surface area contributed by atoms with Gasteiger partial charge in [-0.25, -0.2) is 0 Å². The van der Waals surface area contributed by atoms with E-state index in [1.54, 1.807) is 12.2 Å². The molecule has 0 atom stereocenters. The standard InChI is InChI=1S/C12H12ClNO/c1-9-8-10(15)6-7-14(9)12-5-3-2-4-11(12)13/h2-6,8,15H,7H2,1H3. The fourth-order valence-corrected chi connectivity index (χ4v) is 1.88. The van der Waals surface area contributed by atoms with Crippen LogP contribution < -0.4 is 4.90 Å². The van der Waals surface area contributed by atoms with Crippen LogP contribution in [0, 0.1) is 0 Å². The first-order valence-electron chi connectivity index (χ1n) is 4.78. The minimum Gasteiger partial charge on any atom is -0.508 e. The van der Waals surface area contributed by atoms with Gasteiger partial charge in [0.2, 0.25) is 0 Å². The zero-order valence-electron chi connectivity index (χ0n) is 8.44. The van der Waals surface area contributed by atoms with E-state index >= 15 is 0 Å². The van der Waals surface area contributed by atoms with Crippen LogP contribution >= 0.6 is 11.6 Å². The third-order valence-corrected chi connectivity index (χ3v) is 2.73. The Bertz CT molecular complexity index is 437. The van der Waals surface area contributed by atoms with Gasteiger partial charge < -0.3 is 10.0 Å². The molecule has 0 aromatic heterocycles. The molecule has 0 fully saturated rings. The molecule has 2 nitrogen and oxygen atoms in total. The molecule has 15 heavy (non-hydrogen) atoms. The van der Waals surface area contributed by atoms with Crippen LogP contribution in [0.15, 0.2) is 47.9 Å². The second-order valence-corrected chi connectivity index (χ2v) is 3.88. The van der Waals surface area contributed by atoms with Crippen molar-refractivity contribution in [3.8, 4) is 0 Å². The summed E-state index contributed by atoms with van der Waals surface area (Å²) >= 11 is 6.11. The van der Waals surface area contributed by atoms with Crippen LogP contribution in [-0.2, 0) is 0 Å². The molecule has 1 aromatic rings. The number of anilines is 1.